The second kappa shape index (κ2) is 13.6. The van der Waals surface area contributed by atoms with E-state index < -0.39 is 18.2 Å². The zero-order valence-electron chi connectivity index (χ0n) is 22.5. The predicted molar refractivity (Wildman–Crippen MR) is 142 cm³/mol. The van der Waals surface area contributed by atoms with Crippen LogP contribution in [0.5, 0.6) is 5.75 Å². The first kappa shape index (κ1) is 28.6. The first-order chi connectivity index (χ1) is 17.7. The molecule has 0 amide bonds. The van der Waals surface area contributed by atoms with Crippen LogP contribution in [0.3, 0.4) is 0 Å². The van der Waals surface area contributed by atoms with Crippen LogP contribution in [0.4, 0.5) is 0 Å². The van der Waals surface area contributed by atoms with Crippen molar-refractivity contribution in [2.24, 2.45) is 5.92 Å². The Bertz CT molecular complexity index is 1050. The van der Waals surface area contributed by atoms with Crippen molar-refractivity contribution in [1.29, 1.82) is 5.26 Å². The summed E-state index contributed by atoms with van der Waals surface area (Å²) in [5.41, 5.74) is 3.91. The average Bonchev–Trinajstić information content (AvgIpc) is 3.27. The van der Waals surface area contributed by atoms with Gasteiger partial charge in [-0.25, -0.2) is 4.79 Å². The minimum Gasteiger partial charge on any atom is -0.489 e. The van der Waals surface area contributed by atoms with Gasteiger partial charge in [0, 0.05) is 25.1 Å². The zero-order chi connectivity index (χ0) is 26.8. The van der Waals surface area contributed by atoms with Gasteiger partial charge in [-0.05, 0) is 81.7 Å². The Morgan fingerprint density at radius 1 is 1.16 bits per heavy atom. The van der Waals surface area contributed by atoms with E-state index in [0.29, 0.717) is 36.8 Å². The third kappa shape index (κ3) is 8.57. The summed E-state index contributed by atoms with van der Waals surface area (Å²) in [6.45, 7) is 8.99. The van der Waals surface area contributed by atoms with Crippen molar-refractivity contribution in [3.8, 4) is 11.8 Å². The number of aliphatic hydroxyl groups excluding tert-OH is 1. The van der Waals surface area contributed by atoms with E-state index in [-0.39, 0.29) is 18.8 Å². The van der Waals surface area contributed by atoms with E-state index in [2.05, 4.69) is 49.5 Å². The lowest BCUT2D eigenvalue weighted by atomic mass is 9.88. The minimum absolute atomic E-state index is 0.0445. The molecule has 1 aliphatic carbocycles. The van der Waals surface area contributed by atoms with Crippen molar-refractivity contribution in [2.45, 2.75) is 71.1 Å². The third-order valence-corrected chi connectivity index (χ3v) is 6.69. The molecule has 0 aromatic heterocycles. The number of β-amino-alcohol motifs (C(OH)–C–C–N with tert-alkyl or cyclic N) is 1. The zero-order valence-corrected chi connectivity index (χ0v) is 22.5. The quantitative estimate of drug-likeness (QED) is 0.372. The fourth-order valence-corrected chi connectivity index (χ4v) is 4.99. The van der Waals surface area contributed by atoms with Gasteiger partial charge in [-0.2, -0.15) is 5.26 Å². The van der Waals surface area contributed by atoms with Crippen LogP contribution in [0, 0.1) is 17.2 Å². The maximum Gasteiger partial charge on any atom is 0.335 e. The average molecular weight is 509 g/mol. The number of carbonyl (C=O) groups is 1. The van der Waals surface area contributed by atoms with Gasteiger partial charge in [0.1, 0.15) is 24.5 Å². The van der Waals surface area contributed by atoms with Crippen molar-refractivity contribution in [3.63, 3.8) is 0 Å². The van der Waals surface area contributed by atoms with E-state index >= 15 is 0 Å². The van der Waals surface area contributed by atoms with E-state index in [0.717, 1.165) is 24.8 Å². The molecule has 0 fully saturated rings. The molecule has 0 heterocycles. The van der Waals surface area contributed by atoms with Crippen LogP contribution in [0.25, 0.3) is 0 Å². The highest BCUT2D eigenvalue weighted by Crippen LogP contribution is 2.32. The number of carbonyl (C=O) groups excluding carboxylic acids is 1. The molecule has 2 atom stereocenters. The standard InChI is InChI=1S/C30H40N2O5/c1-5-35-28(29(34)36-6-2)16-21-11-12-25(18-31)27(15-21)37-20-26(33)19-32-30(3,4)17-22-13-23-9-7-8-10-24(23)14-22/h7-12,15,22,26,28,32-33H,5-6,13-14,16-17,19-20H2,1-4H3/t26-,28?/m0/s1. The highest BCUT2D eigenvalue weighted by atomic mass is 16.6. The van der Waals surface area contributed by atoms with Gasteiger partial charge in [0.25, 0.3) is 0 Å². The number of nitrogens with zero attached hydrogens (tertiary/aromatic N) is 1. The molecule has 37 heavy (non-hydrogen) atoms. The highest BCUT2D eigenvalue weighted by Gasteiger charge is 2.28. The van der Waals surface area contributed by atoms with Crippen molar-refractivity contribution < 1.29 is 24.1 Å². The maximum atomic E-state index is 12.2. The monoisotopic (exact) mass is 508 g/mol. The minimum atomic E-state index is -0.744. The number of nitrogens with one attached hydrogen (secondary N) is 1. The lowest BCUT2D eigenvalue weighted by Crippen LogP contribution is -2.46. The Labute approximate surface area is 220 Å². The fraction of sp³-hybridized carbons (Fsp3) is 0.533. The Balaban J connectivity index is 1.52. The summed E-state index contributed by atoms with van der Waals surface area (Å²) in [7, 11) is 0. The Kier molecular flexibility index (Phi) is 10.5. The SMILES string of the molecule is CCOC(=O)C(Cc1ccc(C#N)c(OC[C@@H](O)CNC(C)(C)CC2Cc3ccccc3C2)c1)OCC. The number of nitriles is 1. The van der Waals surface area contributed by atoms with Gasteiger partial charge >= 0.3 is 5.97 Å². The number of ether oxygens (including phenoxy) is 3. The third-order valence-electron chi connectivity index (χ3n) is 6.69. The van der Waals surface area contributed by atoms with Gasteiger partial charge in [-0.15, -0.1) is 0 Å². The number of benzene rings is 2. The van der Waals surface area contributed by atoms with Crippen LogP contribution in [0.15, 0.2) is 42.5 Å². The number of aliphatic hydroxyl groups is 1. The summed E-state index contributed by atoms with van der Waals surface area (Å²) < 4.78 is 16.5. The molecule has 0 saturated carbocycles. The van der Waals surface area contributed by atoms with Crippen LogP contribution in [-0.2, 0) is 33.5 Å². The van der Waals surface area contributed by atoms with Gasteiger partial charge in [-0.1, -0.05) is 30.3 Å². The summed E-state index contributed by atoms with van der Waals surface area (Å²) in [6.07, 6.45) is 2.04. The fourth-order valence-electron chi connectivity index (χ4n) is 4.99. The molecule has 7 heteroatoms. The summed E-state index contributed by atoms with van der Waals surface area (Å²) in [5, 5.41) is 23.6. The normalized spacial score (nSPS) is 15.0. The molecule has 0 bridgehead atoms. The Morgan fingerprint density at radius 2 is 1.86 bits per heavy atom. The van der Waals surface area contributed by atoms with Crippen LogP contribution < -0.4 is 10.1 Å². The van der Waals surface area contributed by atoms with Crippen molar-refractivity contribution in [3.05, 3.63) is 64.7 Å². The summed E-state index contributed by atoms with van der Waals surface area (Å²) in [5.74, 6) is 0.548. The molecule has 2 aromatic rings. The summed E-state index contributed by atoms with van der Waals surface area (Å²) in [6, 6.07) is 15.9. The molecule has 0 spiro atoms. The predicted octanol–water partition coefficient (Wildman–Crippen LogP) is 3.98. The molecule has 2 aromatic carbocycles. The first-order valence-electron chi connectivity index (χ1n) is 13.2. The van der Waals surface area contributed by atoms with Crippen LogP contribution in [0.2, 0.25) is 0 Å². The molecule has 200 valence electrons. The number of rotatable bonds is 14. The summed E-state index contributed by atoms with van der Waals surface area (Å²) in [4.78, 5) is 12.2. The lowest BCUT2D eigenvalue weighted by molar-refractivity contribution is -0.156. The largest absolute Gasteiger partial charge is 0.489 e. The topological polar surface area (TPSA) is 101 Å². The molecule has 2 N–H and O–H groups in total. The van der Waals surface area contributed by atoms with E-state index in [4.69, 9.17) is 14.2 Å². The Hall–Kier alpha value is -2.92. The second-order valence-corrected chi connectivity index (χ2v) is 10.3. The van der Waals surface area contributed by atoms with Gasteiger partial charge in [0.15, 0.2) is 6.10 Å². The van der Waals surface area contributed by atoms with Crippen LogP contribution >= 0.6 is 0 Å². The van der Waals surface area contributed by atoms with Gasteiger partial charge in [0.2, 0.25) is 0 Å². The molecular formula is C30H40N2O5. The highest BCUT2D eigenvalue weighted by molar-refractivity contribution is 5.75. The van der Waals surface area contributed by atoms with E-state index in [9.17, 15) is 15.2 Å². The van der Waals surface area contributed by atoms with E-state index in [1.807, 2.05) is 6.92 Å². The maximum absolute atomic E-state index is 12.2. The lowest BCUT2D eigenvalue weighted by Gasteiger charge is -2.30. The molecule has 3 rings (SSSR count). The van der Waals surface area contributed by atoms with Crippen LogP contribution in [-0.4, -0.2) is 55.2 Å². The molecular weight excluding hydrogens is 468 g/mol. The van der Waals surface area contributed by atoms with Gasteiger partial charge in [-0.3, -0.25) is 0 Å². The second-order valence-electron chi connectivity index (χ2n) is 10.3. The molecule has 0 saturated heterocycles. The molecule has 0 aliphatic heterocycles. The first-order valence-corrected chi connectivity index (χ1v) is 13.2. The van der Waals surface area contributed by atoms with Crippen molar-refractivity contribution >= 4 is 5.97 Å². The number of fused-ring (bicyclic) bond motifs is 1. The number of hydrogen-bond acceptors (Lipinski definition) is 7. The Morgan fingerprint density at radius 3 is 2.49 bits per heavy atom. The smallest absolute Gasteiger partial charge is 0.335 e. The van der Waals surface area contributed by atoms with Crippen molar-refractivity contribution in [1.82, 2.24) is 5.32 Å². The molecule has 7 nitrogen and oxygen atoms in total. The van der Waals surface area contributed by atoms with E-state index in [1.165, 1.54) is 11.1 Å². The van der Waals surface area contributed by atoms with Gasteiger partial charge < -0.3 is 24.6 Å². The van der Waals surface area contributed by atoms with Gasteiger partial charge in [0.05, 0.1) is 12.2 Å². The van der Waals surface area contributed by atoms with E-state index in [1.54, 1.807) is 25.1 Å². The molecule has 0 radical (unpaired) electrons. The van der Waals surface area contributed by atoms with Crippen molar-refractivity contribution in [2.75, 3.05) is 26.4 Å². The van der Waals surface area contributed by atoms with Crippen LogP contribution in [0.1, 0.15) is 56.4 Å². The number of hydrogen-bond donors (Lipinski definition) is 2. The molecule has 1 aliphatic rings. The number of esters is 1. The molecule has 1 unspecified atom stereocenters. The summed E-state index contributed by atoms with van der Waals surface area (Å²) >= 11 is 0.